The monoisotopic (exact) mass is 324 g/mol. The van der Waals surface area contributed by atoms with Crippen molar-refractivity contribution in [3.63, 3.8) is 0 Å². The van der Waals surface area contributed by atoms with Crippen molar-refractivity contribution in [3.8, 4) is 0 Å². The highest BCUT2D eigenvalue weighted by Crippen LogP contribution is 2.22. The molecule has 21 heavy (non-hydrogen) atoms. The first-order valence-corrected chi connectivity index (χ1v) is 8.22. The SMILES string of the molecule is CCS(=O)(=O)c1ccccc1NC(=O)c1ccnc(Cl)c1. The number of anilines is 1. The minimum atomic E-state index is -3.42. The van der Waals surface area contributed by atoms with Gasteiger partial charge in [-0.2, -0.15) is 0 Å². The van der Waals surface area contributed by atoms with Crippen LogP contribution in [0.25, 0.3) is 0 Å². The molecular formula is C14H13ClN2O3S. The molecule has 2 aromatic rings. The van der Waals surface area contributed by atoms with E-state index >= 15 is 0 Å². The first-order chi connectivity index (χ1) is 9.94. The lowest BCUT2D eigenvalue weighted by molar-refractivity contribution is 0.102. The van der Waals surface area contributed by atoms with Gasteiger partial charge in [-0.15, -0.1) is 0 Å². The number of carbonyl (C=O) groups excluding carboxylic acids is 1. The summed E-state index contributed by atoms with van der Waals surface area (Å²) in [6.45, 7) is 1.55. The van der Waals surface area contributed by atoms with Crippen molar-refractivity contribution >= 4 is 33.0 Å². The molecule has 0 bridgehead atoms. The van der Waals surface area contributed by atoms with E-state index in [1.54, 1.807) is 25.1 Å². The van der Waals surface area contributed by atoms with Crippen LogP contribution in [-0.4, -0.2) is 25.1 Å². The molecule has 0 saturated carbocycles. The highest BCUT2D eigenvalue weighted by molar-refractivity contribution is 7.91. The van der Waals surface area contributed by atoms with Gasteiger partial charge in [-0.25, -0.2) is 13.4 Å². The minimum Gasteiger partial charge on any atom is -0.321 e. The number of pyridine rings is 1. The second kappa shape index (κ2) is 6.24. The van der Waals surface area contributed by atoms with Gasteiger partial charge in [-0.05, 0) is 24.3 Å². The molecule has 0 fully saturated rings. The number of carbonyl (C=O) groups is 1. The van der Waals surface area contributed by atoms with E-state index in [2.05, 4.69) is 10.3 Å². The molecule has 1 aromatic carbocycles. The fourth-order valence-corrected chi connectivity index (χ4v) is 2.96. The molecule has 0 spiro atoms. The molecule has 1 amide bonds. The van der Waals surface area contributed by atoms with Gasteiger partial charge in [0, 0.05) is 11.8 Å². The molecule has 5 nitrogen and oxygen atoms in total. The number of hydrogen-bond donors (Lipinski definition) is 1. The van der Waals surface area contributed by atoms with Gasteiger partial charge in [-0.1, -0.05) is 30.7 Å². The van der Waals surface area contributed by atoms with Gasteiger partial charge >= 0.3 is 0 Å². The normalized spacial score (nSPS) is 11.1. The van der Waals surface area contributed by atoms with Crippen LogP contribution < -0.4 is 5.32 Å². The Labute approximate surface area is 127 Å². The molecule has 1 N–H and O–H groups in total. The Morgan fingerprint density at radius 1 is 1.29 bits per heavy atom. The summed E-state index contributed by atoms with van der Waals surface area (Å²) in [4.78, 5) is 16.0. The van der Waals surface area contributed by atoms with E-state index in [9.17, 15) is 13.2 Å². The van der Waals surface area contributed by atoms with Crippen LogP contribution in [0, 0.1) is 0 Å². The standard InChI is InChI=1S/C14H13ClN2O3S/c1-2-21(19,20)12-6-4-3-5-11(12)17-14(18)10-7-8-16-13(15)9-10/h3-9H,2H2,1H3,(H,17,18). The lowest BCUT2D eigenvalue weighted by Crippen LogP contribution is -2.15. The Morgan fingerprint density at radius 3 is 2.67 bits per heavy atom. The van der Waals surface area contributed by atoms with E-state index in [1.165, 1.54) is 24.4 Å². The molecule has 110 valence electrons. The summed E-state index contributed by atoms with van der Waals surface area (Å²) in [6, 6.07) is 9.19. The summed E-state index contributed by atoms with van der Waals surface area (Å²) in [5.41, 5.74) is 0.552. The van der Waals surface area contributed by atoms with Gasteiger partial charge < -0.3 is 5.32 Å². The Bertz CT molecular complexity index is 775. The molecule has 7 heteroatoms. The van der Waals surface area contributed by atoms with Crippen LogP contribution >= 0.6 is 11.6 Å². The average Bonchev–Trinajstić information content (AvgIpc) is 2.47. The fraction of sp³-hybridized carbons (Fsp3) is 0.143. The maximum atomic E-state index is 12.1. The van der Waals surface area contributed by atoms with Crippen LogP contribution in [0.1, 0.15) is 17.3 Å². The van der Waals surface area contributed by atoms with Gasteiger partial charge in [-0.3, -0.25) is 4.79 Å². The quantitative estimate of drug-likeness (QED) is 0.877. The Hall–Kier alpha value is -1.92. The zero-order valence-corrected chi connectivity index (χ0v) is 12.8. The molecule has 1 aromatic heterocycles. The molecule has 1 heterocycles. The van der Waals surface area contributed by atoms with Crippen molar-refractivity contribution < 1.29 is 13.2 Å². The van der Waals surface area contributed by atoms with Crippen molar-refractivity contribution in [2.24, 2.45) is 0 Å². The molecule has 0 saturated heterocycles. The zero-order valence-electron chi connectivity index (χ0n) is 11.2. The Kier molecular flexibility index (Phi) is 4.59. The van der Waals surface area contributed by atoms with Crippen LogP contribution in [0.5, 0.6) is 0 Å². The smallest absolute Gasteiger partial charge is 0.255 e. The van der Waals surface area contributed by atoms with E-state index in [0.29, 0.717) is 5.56 Å². The molecule has 0 aliphatic heterocycles. The maximum Gasteiger partial charge on any atom is 0.255 e. The summed E-state index contributed by atoms with van der Waals surface area (Å²) < 4.78 is 24.0. The lowest BCUT2D eigenvalue weighted by Gasteiger charge is -2.10. The van der Waals surface area contributed by atoms with Gasteiger partial charge in [0.25, 0.3) is 5.91 Å². The number of halogens is 1. The van der Waals surface area contributed by atoms with Crippen molar-refractivity contribution in [2.45, 2.75) is 11.8 Å². The fourth-order valence-electron chi connectivity index (χ4n) is 1.73. The van der Waals surface area contributed by atoms with Gasteiger partial charge in [0.05, 0.1) is 16.3 Å². The Balaban J connectivity index is 2.35. The molecular weight excluding hydrogens is 312 g/mol. The number of benzene rings is 1. The summed E-state index contributed by atoms with van der Waals surface area (Å²) in [7, 11) is -3.42. The molecule has 0 aliphatic rings. The van der Waals surface area contributed by atoms with Crippen molar-refractivity contribution in [3.05, 3.63) is 53.3 Å². The number of amides is 1. The lowest BCUT2D eigenvalue weighted by atomic mass is 10.2. The van der Waals surface area contributed by atoms with E-state index in [4.69, 9.17) is 11.6 Å². The predicted octanol–water partition coefficient (Wildman–Crippen LogP) is 2.78. The van der Waals surface area contributed by atoms with Crippen molar-refractivity contribution in [1.82, 2.24) is 4.98 Å². The van der Waals surface area contributed by atoms with Gasteiger partial charge in [0.1, 0.15) is 5.15 Å². The summed E-state index contributed by atoms with van der Waals surface area (Å²) >= 11 is 5.73. The molecule has 0 atom stereocenters. The van der Waals surface area contributed by atoms with E-state index in [1.807, 2.05) is 0 Å². The number of sulfone groups is 1. The number of aromatic nitrogens is 1. The van der Waals surface area contributed by atoms with E-state index in [0.717, 1.165) is 0 Å². The third-order valence-electron chi connectivity index (χ3n) is 2.84. The number of para-hydroxylation sites is 1. The number of hydrogen-bond acceptors (Lipinski definition) is 4. The average molecular weight is 325 g/mol. The van der Waals surface area contributed by atoms with Crippen molar-refractivity contribution in [1.29, 1.82) is 0 Å². The highest BCUT2D eigenvalue weighted by Gasteiger charge is 2.18. The topological polar surface area (TPSA) is 76.1 Å². The van der Waals surface area contributed by atoms with Crippen LogP contribution in [0.3, 0.4) is 0 Å². The summed E-state index contributed by atoms with van der Waals surface area (Å²) in [5, 5.41) is 2.78. The summed E-state index contributed by atoms with van der Waals surface area (Å²) in [5.74, 6) is -0.487. The number of rotatable bonds is 4. The van der Waals surface area contributed by atoms with E-state index in [-0.39, 0.29) is 21.5 Å². The first-order valence-electron chi connectivity index (χ1n) is 6.18. The summed E-state index contributed by atoms with van der Waals surface area (Å²) in [6.07, 6.45) is 1.41. The zero-order chi connectivity index (χ0) is 15.5. The molecule has 0 unspecified atom stereocenters. The van der Waals surface area contributed by atoms with Crippen molar-refractivity contribution in [2.75, 3.05) is 11.1 Å². The van der Waals surface area contributed by atoms with Crippen LogP contribution in [0.2, 0.25) is 5.15 Å². The van der Waals surface area contributed by atoms with Gasteiger partial charge in [0.15, 0.2) is 9.84 Å². The van der Waals surface area contributed by atoms with E-state index < -0.39 is 15.7 Å². The molecule has 2 rings (SSSR count). The largest absolute Gasteiger partial charge is 0.321 e. The van der Waals surface area contributed by atoms with Gasteiger partial charge in [0.2, 0.25) is 0 Å². The Morgan fingerprint density at radius 2 is 2.00 bits per heavy atom. The highest BCUT2D eigenvalue weighted by atomic mass is 35.5. The van der Waals surface area contributed by atoms with Crippen LogP contribution in [0.15, 0.2) is 47.5 Å². The number of nitrogens with one attached hydrogen (secondary N) is 1. The first kappa shape index (κ1) is 15.5. The van der Waals surface area contributed by atoms with Crippen LogP contribution in [0.4, 0.5) is 5.69 Å². The third kappa shape index (κ3) is 3.59. The third-order valence-corrected chi connectivity index (χ3v) is 4.83. The van der Waals surface area contributed by atoms with Crippen LogP contribution in [-0.2, 0) is 9.84 Å². The number of nitrogens with zero attached hydrogens (tertiary/aromatic N) is 1. The minimum absolute atomic E-state index is 0.0407. The maximum absolute atomic E-state index is 12.1. The molecule has 0 radical (unpaired) electrons. The second-order valence-corrected chi connectivity index (χ2v) is 6.85. The second-order valence-electron chi connectivity index (χ2n) is 4.22. The predicted molar refractivity (Wildman–Crippen MR) is 81.4 cm³/mol. The molecule has 0 aliphatic carbocycles.